The van der Waals surface area contributed by atoms with Gasteiger partial charge in [0, 0.05) is 6.54 Å². The summed E-state index contributed by atoms with van der Waals surface area (Å²) in [5, 5.41) is 10.6. The van der Waals surface area contributed by atoms with Crippen LogP contribution in [-0.2, 0) is 10.0 Å². The third kappa shape index (κ3) is 4.89. The molecule has 1 aliphatic heterocycles. The lowest BCUT2D eigenvalue weighted by molar-refractivity contribution is 0.132. The number of likely N-dealkylation sites (tertiary alicyclic amines) is 1. The lowest BCUT2D eigenvalue weighted by Gasteiger charge is -2.28. The molecule has 1 heterocycles. The Kier molecular flexibility index (Phi) is 6.19. The molecule has 1 fully saturated rings. The van der Waals surface area contributed by atoms with Crippen LogP contribution in [0.1, 0.15) is 24.0 Å². The van der Waals surface area contributed by atoms with Crippen molar-refractivity contribution in [1.82, 2.24) is 4.90 Å². The van der Waals surface area contributed by atoms with E-state index in [-0.39, 0.29) is 11.4 Å². The zero-order chi connectivity index (χ0) is 19.4. The van der Waals surface area contributed by atoms with Crippen molar-refractivity contribution in [3.05, 3.63) is 59.7 Å². The topological polar surface area (TPSA) is 60.9 Å². The van der Waals surface area contributed by atoms with Crippen molar-refractivity contribution in [2.45, 2.75) is 37.7 Å². The number of aryl methyl sites for hydroxylation is 2. The molecule has 1 aliphatic rings. The first kappa shape index (κ1) is 19.9. The van der Waals surface area contributed by atoms with E-state index in [1.807, 2.05) is 26.0 Å². The molecule has 0 spiro atoms. The molecule has 0 aromatic heterocycles. The fraction of sp³-hybridized carbons (Fsp3) is 0.429. The molecule has 3 rings (SSSR count). The van der Waals surface area contributed by atoms with Crippen LogP contribution in [0.5, 0.6) is 0 Å². The number of aliphatic hydroxyl groups is 1. The van der Waals surface area contributed by atoms with Crippen LogP contribution >= 0.6 is 0 Å². The quantitative estimate of drug-likeness (QED) is 0.792. The number of aliphatic hydroxyl groups excluding tert-OH is 1. The summed E-state index contributed by atoms with van der Waals surface area (Å²) < 4.78 is 27.9. The van der Waals surface area contributed by atoms with Gasteiger partial charge >= 0.3 is 0 Å². The molecular formula is C21H28N2O3S. The van der Waals surface area contributed by atoms with Crippen LogP contribution in [0.25, 0.3) is 0 Å². The summed E-state index contributed by atoms with van der Waals surface area (Å²) in [7, 11) is -3.76. The molecule has 0 amide bonds. The van der Waals surface area contributed by atoms with Gasteiger partial charge in [-0.1, -0.05) is 35.4 Å². The third-order valence-electron chi connectivity index (χ3n) is 4.98. The van der Waals surface area contributed by atoms with Crippen LogP contribution in [0.15, 0.2) is 53.4 Å². The molecule has 1 saturated heterocycles. The summed E-state index contributed by atoms with van der Waals surface area (Å²) in [4.78, 5) is 2.43. The standard InChI is InChI=1S/C21H28N2O3S/c1-17-5-9-19(10-6-17)23(16-20(24)15-22-13-3-4-14-22)27(25,26)21-11-7-18(2)8-12-21/h5-12,20,24H,3-4,13-16H2,1-2H3/t20-/m0/s1. The first-order valence-electron chi connectivity index (χ1n) is 9.43. The molecule has 146 valence electrons. The van der Waals surface area contributed by atoms with E-state index >= 15 is 0 Å². The summed E-state index contributed by atoms with van der Waals surface area (Å²) in [6.07, 6.45) is 1.52. The summed E-state index contributed by atoms with van der Waals surface area (Å²) in [6, 6.07) is 14.2. The van der Waals surface area contributed by atoms with E-state index in [0.29, 0.717) is 12.2 Å². The summed E-state index contributed by atoms with van der Waals surface area (Å²) in [5.74, 6) is 0. The molecule has 0 saturated carbocycles. The Balaban J connectivity index is 1.88. The van der Waals surface area contributed by atoms with Gasteiger partial charge in [-0.05, 0) is 64.0 Å². The number of hydrogen-bond acceptors (Lipinski definition) is 4. The van der Waals surface area contributed by atoms with Crippen molar-refractivity contribution in [2.75, 3.05) is 30.5 Å². The molecule has 0 radical (unpaired) electrons. The van der Waals surface area contributed by atoms with E-state index in [9.17, 15) is 13.5 Å². The van der Waals surface area contributed by atoms with Crippen LogP contribution < -0.4 is 4.31 Å². The fourth-order valence-electron chi connectivity index (χ4n) is 3.40. The van der Waals surface area contributed by atoms with Crippen molar-refractivity contribution < 1.29 is 13.5 Å². The molecule has 27 heavy (non-hydrogen) atoms. The molecule has 2 aromatic carbocycles. The van der Waals surface area contributed by atoms with Crippen molar-refractivity contribution >= 4 is 15.7 Å². The number of hydrogen-bond donors (Lipinski definition) is 1. The van der Waals surface area contributed by atoms with Crippen molar-refractivity contribution in [3.63, 3.8) is 0 Å². The van der Waals surface area contributed by atoms with E-state index in [0.717, 1.165) is 37.1 Å². The highest BCUT2D eigenvalue weighted by Gasteiger charge is 2.28. The van der Waals surface area contributed by atoms with E-state index < -0.39 is 16.1 Å². The second kappa shape index (κ2) is 8.42. The molecule has 0 unspecified atom stereocenters. The maximum Gasteiger partial charge on any atom is 0.264 e. The minimum atomic E-state index is -3.76. The average molecular weight is 389 g/mol. The molecule has 2 aromatic rings. The Morgan fingerprint density at radius 1 is 0.963 bits per heavy atom. The predicted molar refractivity (Wildman–Crippen MR) is 109 cm³/mol. The van der Waals surface area contributed by atoms with Crippen molar-refractivity contribution in [3.8, 4) is 0 Å². The highest BCUT2D eigenvalue weighted by atomic mass is 32.2. The number of β-amino-alcohol motifs (C(OH)–C–C–N with tert-alkyl or cyclic N) is 1. The third-order valence-corrected chi connectivity index (χ3v) is 6.78. The van der Waals surface area contributed by atoms with Gasteiger partial charge in [-0.25, -0.2) is 8.42 Å². The fourth-order valence-corrected chi connectivity index (χ4v) is 4.91. The number of benzene rings is 2. The Bertz CT molecular complexity index is 842. The van der Waals surface area contributed by atoms with Crippen LogP contribution in [-0.4, -0.2) is 50.7 Å². The highest BCUT2D eigenvalue weighted by molar-refractivity contribution is 7.92. The molecule has 5 nitrogen and oxygen atoms in total. The Hall–Kier alpha value is -1.89. The molecule has 1 atom stereocenters. The van der Waals surface area contributed by atoms with E-state index in [4.69, 9.17) is 0 Å². The van der Waals surface area contributed by atoms with Gasteiger partial charge < -0.3 is 10.0 Å². The van der Waals surface area contributed by atoms with Crippen molar-refractivity contribution in [1.29, 1.82) is 0 Å². The molecule has 1 N–H and O–H groups in total. The van der Waals surface area contributed by atoms with Gasteiger partial charge in [-0.15, -0.1) is 0 Å². The van der Waals surface area contributed by atoms with Gasteiger partial charge in [0.05, 0.1) is 23.2 Å². The lowest BCUT2D eigenvalue weighted by atomic mass is 10.2. The minimum Gasteiger partial charge on any atom is -0.390 e. The van der Waals surface area contributed by atoms with Gasteiger partial charge in [-0.2, -0.15) is 0 Å². The van der Waals surface area contributed by atoms with Crippen LogP contribution in [0.4, 0.5) is 5.69 Å². The number of rotatable bonds is 7. The molecule has 0 aliphatic carbocycles. The Morgan fingerprint density at radius 2 is 1.48 bits per heavy atom. The summed E-state index contributed by atoms with van der Waals surface area (Å²) >= 11 is 0. The van der Waals surface area contributed by atoms with Gasteiger partial charge in [0.2, 0.25) is 0 Å². The van der Waals surface area contributed by atoms with Crippen molar-refractivity contribution in [2.24, 2.45) is 0 Å². The maximum absolute atomic E-state index is 13.3. The minimum absolute atomic E-state index is 0.0375. The normalized spacial score (nSPS) is 16.4. The average Bonchev–Trinajstić information content (AvgIpc) is 3.14. The van der Waals surface area contributed by atoms with Crippen LogP contribution in [0, 0.1) is 13.8 Å². The van der Waals surface area contributed by atoms with E-state index in [1.165, 1.54) is 4.31 Å². The van der Waals surface area contributed by atoms with Gasteiger partial charge in [0.1, 0.15) is 0 Å². The second-order valence-electron chi connectivity index (χ2n) is 7.35. The highest BCUT2D eigenvalue weighted by Crippen LogP contribution is 2.25. The maximum atomic E-state index is 13.3. The second-order valence-corrected chi connectivity index (χ2v) is 9.21. The summed E-state index contributed by atoms with van der Waals surface area (Å²) in [5.41, 5.74) is 2.63. The number of anilines is 1. The predicted octanol–water partition coefficient (Wildman–Crippen LogP) is 2.96. The SMILES string of the molecule is Cc1ccc(N(C[C@@H](O)CN2CCCC2)S(=O)(=O)c2ccc(C)cc2)cc1. The van der Waals surface area contributed by atoms with Crippen LogP contribution in [0.3, 0.4) is 0 Å². The monoisotopic (exact) mass is 388 g/mol. The Morgan fingerprint density at radius 3 is 2.04 bits per heavy atom. The summed E-state index contributed by atoms with van der Waals surface area (Å²) in [6.45, 7) is 6.35. The van der Waals surface area contributed by atoms with Crippen LogP contribution in [0.2, 0.25) is 0 Å². The molecule has 0 bridgehead atoms. The molecular weight excluding hydrogens is 360 g/mol. The molecule has 6 heteroatoms. The first-order chi connectivity index (χ1) is 12.9. The van der Waals surface area contributed by atoms with Gasteiger partial charge in [-0.3, -0.25) is 4.31 Å². The lowest BCUT2D eigenvalue weighted by Crippen LogP contribution is -2.42. The van der Waals surface area contributed by atoms with E-state index in [2.05, 4.69) is 4.90 Å². The van der Waals surface area contributed by atoms with Gasteiger partial charge in [0.25, 0.3) is 10.0 Å². The largest absolute Gasteiger partial charge is 0.390 e. The van der Waals surface area contributed by atoms with Gasteiger partial charge in [0.15, 0.2) is 0 Å². The zero-order valence-electron chi connectivity index (χ0n) is 16.0. The Labute approximate surface area is 162 Å². The van der Waals surface area contributed by atoms with E-state index in [1.54, 1.807) is 36.4 Å². The number of sulfonamides is 1. The first-order valence-corrected chi connectivity index (χ1v) is 10.9. The zero-order valence-corrected chi connectivity index (χ0v) is 16.8. The number of nitrogens with zero attached hydrogens (tertiary/aromatic N) is 2. The smallest absolute Gasteiger partial charge is 0.264 e.